The average Bonchev–Trinajstić information content (AvgIpc) is 3.15. The van der Waals surface area contributed by atoms with Gasteiger partial charge in [-0.25, -0.2) is 0 Å². The van der Waals surface area contributed by atoms with E-state index in [1.165, 1.54) is 18.2 Å². The van der Waals surface area contributed by atoms with Gasteiger partial charge in [0.05, 0.1) is 13.0 Å². The third-order valence-corrected chi connectivity index (χ3v) is 5.24. The van der Waals surface area contributed by atoms with Crippen LogP contribution in [0.5, 0.6) is 0 Å². The lowest BCUT2D eigenvalue weighted by Crippen LogP contribution is -2.29. The Morgan fingerprint density at radius 3 is 2.20 bits per heavy atom. The molecule has 3 heteroatoms. The van der Waals surface area contributed by atoms with Gasteiger partial charge in [-0.1, -0.05) is 60.7 Å². The Morgan fingerprint density at radius 2 is 1.64 bits per heavy atom. The number of carbonyl (C=O) groups is 1. The van der Waals surface area contributed by atoms with Crippen LogP contribution >= 0.6 is 0 Å². The molecule has 0 saturated heterocycles. The number of benzene rings is 2. The predicted octanol–water partition coefficient (Wildman–Crippen LogP) is 4.14. The van der Waals surface area contributed by atoms with Gasteiger partial charge in [0.2, 0.25) is 0 Å². The molecule has 0 unspecified atom stereocenters. The number of hydrogen-bond donors (Lipinski definition) is 1. The summed E-state index contributed by atoms with van der Waals surface area (Å²) in [6.07, 6.45) is 3.94. The SMILES string of the molecule is COC(=O)[C@H]1CC[C@H](NCCC(c2ccccc2)c2ccccc2)C1. The normalized spacial score (nSPS) is 19.9. The Hall–Kier alpha value is -2.13. The first kappa shape index (κ1) is 17.7. The molecule has 0 bridgehead atoms. The Morgan fingerprint density at radius 1 is 1.04 bits per heavy atom. The molecule has 1 N–H and O–H groups in total. The van der Waals surface area contributed by atoms with Crippen molar-refractivity contribution in [2.75, 3.05) is 13.7 Å². The van der Waals surface area contributed by atoms with E-state index in [2.05, 4.69) is 66.0 Å². The average molecular weight is 337 g/mol. The molecule has 3 rings (SSSR count). The van der Waals surface area contributed by atoms with Gasteiger partial charge in [-0.15, -0.1) is 0 Å². The molecule has 1 aliphatic carbocycles. The van der Waals surface area contributed by atoms with Crippen molar-refractivity contribution >= 4 is 5.97 Å². The van der Waals surface area contributed by atoms with Gasteiger partial charge >= 0.3 is 5.97 Å². The zero-order valence-corrected chi connectivity index (χ0v) is 14.9. The molecule has 1 fully saturated rings. The number of esters is 1. The summed E-state index contributed by atoms with van der Waals surface area (Å²) in [5.41, 5.74) is 2.71. The van der Waals surface area contributed by atoms with Crippen molar-refractivity contribution in [3.8, 4) is 0 Å². The smallest absolute Gasteiger partial charge is 0.308 e. The maximum absolute atomic E-state index is 11.7. The number of methoxy groups -OCH3 is 1. The minimum atomic E-state index is -0.0595. The van der Waals surface area contributed by atoms with Crippen molar-refractivity contribution in [2.45, 2.75) is 37.6 Å². The van der Waals surface area contributed by atoms with E-state index in [-0.39, 0.29) is 11.9 Å². The van der Waals surface area contributed by atoms with E-state index in [0.29, 0.717) is 12.0 Å². The van der Waals surface area contributed by atoms with Gasteiger partial charge in [-0.3, -0.25) is 4.79 Å². The van der Waals surface area contributed by atoms with Gasteiger partial charge < -0.3 is 10.1 Å². The molecule has 2 atom stereocenters. The molecule has 0 radical (unpaired) electrons. The van der Waals surface area contributed by atoms with Crippen LogP contribution in [0.1, 0.15) is 42.7 Å². The lowest BCUT2D eigenvalue weighted by molar-refractivity contribution is -0.145. The topological polar surface area (TPSA) is 38.3 Å². The molecule has 2 aromatic rings. The van der Waals surface area contributed by atoms with Crippen molar-refractivity contribution in [1.82, 2.24) is 5.32 Å². The highest BCUT2D eigenvalue weighted by atomic mass is 16.5. The molecular formula is C22H27NO2. The molecule has 3 nitrogen and oxygen atoms in total. The summed E-state index contributed by atoms with van der Waals surface area (Å²) in [4.78, 5) is 11.7. The number of rotatable bonds is 7. The summed E-state index contributed by atoms with van der Waals surface area (Å²) in [5.74, 6) is 0.407. The summed E-state index contributed by atoms with van der Waals surface area (Å²) in [6.45, 7) is 0.951. The summed E-state index contributed by atoms with van der Waals surface area (Å²) in [5, 5.41) is 3.65. The van der Waals surface area contributed by atoms with Crippen LogP contribution in [-0.4, -0.2) is 25.7 Å². The van der Waals surface area contributed by atoms with Crippen LogP contribution in [0.25, 0.3) is 0 Å². The predicted molar refractivity (Wildman–Crippen MR) is 100 cm³/mol. The quantitative estimate of drug-likeness (QED) is 0.772. The molecule has 0 spiro atoms. The second-order valence-electron chi connectivity index (χ2n) is 6.85. The van der Waals surface area contributed by atoms with Gasteiger partial charge in [0.15, 0.2) is 0 Å². The van der Waals surface area contributed by atoms with E-state index in [4.69, 9.17) is 4.74 Å². The molecule has 132 valence electrons. The molecule has 1 saturated carbocycles. The van der Waals surface area contributed by atoms with E-state index < -0.39 is 0 Å². The van der Waals surface area contributed by atoms with Crippen LogP contribution in [-0.2, 0) is 9.53 Å². The second-order valence-corrected chi connectivity index (χ2v) is 6.85. The first-order chi connectivity index (χ1) is 12.3. The number of hydrogen-bond acceptors (Lipinski definition) is 3. The first-order valence-electron chi connectivity index (χ1n) is 9.19. The van der Waals surface area contributed by atoms with Crippen molar-refractivity contribution in [3.63, 3.8) is 0 Å². The Balaban J connectivity index is 1.58. The van der Waals surface area contributed by atoms with Crippen LogP contribution in [0.2, 0.25) is 0 Å². The van der Waals surface area contributed by atoms with Crippen LogP contribution in [0.15, 0.2) is 60.7 Å². The summed E-state index contributed by atoms with van der Waals surface area (Å²) in [7, 11) is 1.48. The molecular weight excluding hydrogens is 310 g/mol. The fraction of sp³-hybridized carbons (Fsp3) is 0.409. The summed E-state index contributed by atoms with van der Waals surface area (Å²) in [6, 6.07) is 21.8. The number of nitrogens with one attached hydrogen (secondary N) is 1. The molecule has 0 heterocycles. The third kappa shape index (κ3) is 4.70. The van der Waals surface area contributed by atoms with Gasteiger partial charge in [0.25, 0.3) is 0 Å². The highest BCUT2D eigenvalue weighted by Crippen LogP contribution is 2.29. The van der Waals surface area contributed by atoms with Gasteiger partial charge in [0.1, 0.15) is 0 Å². The zero-order chi connectivity index (χ0) is 17.5. The highest BCUT2D eigenvalue weighted by molar-refractivity contribution is 5.72. The second kappa shape index (κ2) is 8.82. The van der Waals surface area contributed by atoms with Gasteiger partial charge in [-0.05, 0) is 43.4 Å². The summed E-state index contributed by atoms with van der Waals surface area (Å²) < 4.78 is 4.87. The largest absolute Gasteiger partial charge is 0.469 e. The first-order valence-corrected chi connectivity index (χ1v) is 9.19. The third-order valence-electron chi connectivity index (χ3n) is 5.24. The molecule has 2 aromatic carbocycles. The summed E-state index contributed by atoms with van der Waals surface area (Å²) >= 11 is 0. The van der Waals surface area contributed by atoms with E-state index in [9.17, 15) is 4.79 Å². The monoisotopic (exact) mass is 337 g/mol. The molecule has 25 heavy (non-hydrogen) atoms. The van der Waals surface area contributed by atoms with E-state index in [1.807, 2.05) is 0 Å². The Kier molecular flexibility index (Phi) is 6.24. The standard InChI is InChI=1S/C22H27NO2/c1-25-22(24)19-12-13-20(16-19)23-15-14-21(17-8-4-2-5-9-17)18-10-6-3-7-11-18/h2-11,19-21,23H,12-16H2,1H3/t19-,20-/m0/s1. The number of carbonyl (C=O) groups excluding carboxylic acids is 1. The minimum absolute atomic E-state index is 0.0595. The fourth-order valence-corrected chi connectivity index (χ4v) is 3.88. The van der Waals surface area contributed by atoms with Crippen molar-refractivity contribution in [2.24, 2.45) is 5.92 Å². The highest BCUT2D eigenvalue weighted by Gasteiger charge is 2.30. The maximum atomic E-state index is 11.7. The van der Waals surface area contributed by atoms with E-state index in [1.54, 1.807) is 0 Å². The van der Waals surface area contributed by atoms with Gasteiger partial charge in [-0.2, -0.15) is 0 Å². The van der Waals surface area contributed by atoms with Gasteiger partial charge in [0, 0.05) is 12.0 Å². The van der Waals surface area contributed by atoms with Crippen LogP contribution in [0.3, 0.4) is 0 Å². The van der Waals surface area contributed by atoms with Crippen LogP contribution in [0.4, 0.5) is 0 Å². The molecule has 1 aliphatic rings. The molecule has 0 aromatic heterocycles. The van der Waals surface area contributed by atoms with E-state index >= 15 is 0 Å². The minimum Gasteiger partial charge on any atom is -0.469 e. The van der Waals surface area contributed by atoms with Crippen LogP contribution in [0, 0.1) is 5.92 Å². The molecule has 0 amide bonds. The lowest BCUT2D eigenvalue weighted by atomic mass is 9.88. The lowest BCUT2D eigenvalue weighted by Gasteiger charge is -2.20. The van der Waals surface area contributed by atoms with Crippen LogP contribution < -0.4 is 5.32 Å². The fourth-order valence-electron chi connectivity index (χ4n) is 3.88. The zero-order valence-electron chi connectivity index (χ0n) is 14.9. The van der Waals surface area contributed by atoms with Crippen molar-refractivity contribution in [3.05, 3.63) is 71.8 Å². The Bertz CT molecular complexity index is 617. The van der Waals surface area contributed by atoms with Crippen molar-refractivity contribution < 1.29 is 9.53 Å². The number of ether oxygens (including phenoxy) is 1. The Labute approximate surface area is 150 Å². The van der Waals surface area contributed by atoms with E-state index in [0.717, 1.165) is 32.2 Å². The molecule has 0 aliphatic heterocycles. The maximum Gasteiger partial charge on any atom is 0.308 e. The van der Waals surface area contributed by atoms with Crippen molar-refractivity contribution in [1.29, 1.82) is 0 Å².